The number of hydrogen-bond donors (Lipinski definition) is 3. The second-order valence-corrected chi connectivity index (χ2v) is 14.6. The van der Waals surface area contributed by atoms with E-state index in [2.05, 4.69) is 20.9 Å². The third-order valence-electron chi connectivity index (χ3n) is 8.21. The van der Waals surface area contributed by atoms with Crippen LogP contribution in [0.3, 0.4) is 0 Å². The molecule has 15 nitrogen and oxygen atoms in total. The third kappa shape index (κ3) is 7.87. The van der Waals surface area contributed by atoms with Gasteiger partial charge in [-0.2, -0.15) is 0 Å². The molecule has 16 heteroatoms. The number of aromatic nitrogens is 2. The molecule has 0 bridgehead atoms. The van der Waals surface area contributed by atoms with Crippen molar-refractivity contribution in [1.29, 1.82) is 0 Å². The van der Waals surface area contributed by atoms with Crippen molar-refractivity contribution < 1.29 is 43.6 Å². The van der Waals surface area contributed by atoms with Gasteiger partial charge in [0.1, 0.15) is 29.6 Å². The minimum absolute atomic E-state index is 0.0332. The van der Waals surface area contributed by atoms with Crippen molar-refractivity contribution in [3.05, 3.63) is 37.6 Å². The Morgan fingerprint density at radius 2 is 1.53 bits per heavy atom. The average Bonchev–Trinajstić information content (AvgIpc) is 3.71. The fraction of sp³-hybridized carbons (Fsp3) is 0.677. The lowest BCUT2D eigenvalue weighted by Gasteiger charge is -2.36. The van der Waals surface area contributed by atoms with Gasteiger partial charge in [-0.3, -0.25) is 33.7 Å². The quantitative estimate of drug-likeness (QED) is 0.373. The Labute approximate surface area is 280 Å². The van der Waals surface area contributed by atoms with Crippen LogP contribution in [0.5, 0.6) is 0 Å². The van der Waals surface area contributed by atoms with E-state index in [1.807, 2.05) is 0 Å². The first-order valence-corrected chi connectivity index (χ1v) is 16.4. The Balaban J connectivity index is 1.72. The smallest absolute Gasteiger partial charge is 0.410 e. The van der Waals surface area contributed by atoms with E-state index < -0.39 is 88.7 Å². The van der Waals surface area contributed by atoms with Gasteiger partial charge >= 0.3 is 17.9 Å². The number of aliphatic hydroxyl groups is 2. The first kappa shape index (κ1) is 36.5. The SMILES string of the molecule is CC(C)(C)OC(=O)N1CCC[C@H]1C(=O)C(O)[C@H]1O[C@@H](n2cc(C=CBr)c(=O)[nH]c2=O)C[C@@]1(O)C(=O)[C@@H]1CCCN1C(=O)OC(C)(C)C. The van der Waals surface area contributed by atoms with E-state index in [4.69, 9.17) is 14.2 Å². The number of ether oxygens (including phenoxy) is 3. The van der Waals surface area contributed by atoms with Gasteiger partial charge in [-0.25, -0.2) is 14.4 Å². The molecular weight excluding hydrogens is 684 g/mol. The number of nitrogens with one attached hydrogen (secondary N) is 1. The van der Waals surface area contributed by atoms with Gasteiger partial charge in [0.15, 0.2) is 17.2 Å². The first-order valence-electron chi connectivity index (χ1n) is 15.5. The summed E-state index contributed by atoms with van der Waals surface area (Å²) in [5.74, 6) is -1.80. The van der Waals surface area contributed by atoms with Crippen LogP contribution in [0.1, 0.15) is 85.4 Å². The number of aliphatic hydroxyl groups excluding tert-OH is 1. The Morgan fingerprint density at radius 3 is 2.06 bits per heavy atom. The zero-order valence-electron chi connectivity index (χ0n) is 27.4. The number of likely N-dealkylation sites (tertiary alicyclic amines) is 2. The fourth-order valence-electron chi connectivity index (χ4n) is 6.17. The molecule has 1 unspecified atom stereocenters. The molecule has 1 aromatic rings. The summed E-state index contributed by atoms with van der Waals surface area (Å²) in [4.78, 5) is 85.3. The molecule has 0 aliphatic carbocycles. The summed E-state index contributed by atoms with van der Waals surface area (Å²) in [6, 6.07) is -2.33. The Bertz CT molecular complexity index is 1540. The lowest BCUT2D eigenvalue weighted by atomic mass is 9.81. The van der Waals surface area contributed by atoms with Crippen LogP contribution in [0.25, 0.3) is 6.08 Å². The molecule has 4 heterocycles. The maximum absolute atomic E-state index is 14.3. The van der Waals surface area contributed by atoms with Crippen molar-refractivity contribution >= 4 is 45.8 Å². The van der Waals surface area contributed by atoms with Gasteiger partial charge in [-0.1, -0.05) is 15.9 Å². The maximum atomic E-state index is 14.3. The molecule has 260 valence electrons. The van der Waals surface area contributed by atoms with Crippen LogP contribution in [0.15, 0.2) is 20.8 Å². The predicted octanol–water partition coefficient (Wildman–Crippen LogP) is 2.22. The molecule has 1 aromatic heterocycles. The molecule has 0 spiro atoms. The van der Waals surface area contributed by atoms with Crippen molar-refractivity contribution in [2.75, 3.05) is 13.1 Å². The van der Waals surface area contributed by atoms with Crippen LogP contribution in [0.4, 0.5) is 9.59 Å². The van der Waals surface area contributed by atoms with E-state index in [0.717, 1.165) is 10.8 Å². The summed E-state index contributed by atoms with van der Waals surface area (Å²) >= 11 is 3.08. The molecule has 47 heavy (non-hydrogen) atoms. The molecule has 0 saturated carbocycles. The number of carbonyl (C=O) groups excluding carboxylic acids is 4. The van der Waals surface area contributed by atoms with E-state index in [0.29, 0.717) is 12.8 Å². The average molecular weight is 728 g/mol. The monoisotopic (exact) mass is 726 g/mol. The van der Waals surface area contributed by atoms with E-state index in [9.17, 15) is 39.0 Å². The third-order valence-corrected chi connectivity index (χ3v) is 8.47. The standard InChI is InChI=1S/C31H43BrN4O11/c1-29(2,3)46-27(42)34-13-7-9-18(34)21(37)22(38)24-31(44,23(39)19-10-8-14-35(19)28(43)47-30(4,5)6)15-20(45-24)36-16-17(11-12-32)25(40)33-26(36)41/h11-12,16,18-20,22,24,38,44H,7-10,13-15H2,1-6H3,(H,33,40,41)/t18-,19-,20+,22?,24+,31+/m0/s1. The number of aromatic amines is 1. The predicted molar refractivity (Wildman–Crippen MR) is 171 cm³/mol. The van der Waals surface area contributed by atoms with Gasteiger partial charge in [0.05, 0.1) is 17.6 Å². The number of ketones is 2. The zero-order valence-corrected chi connectivity index (χ0v) is 28.9. The summed E-state index contributed by atoms with van der Waals surface area (Å²) in [5, 5.41) is 23.7. The molecule has 3 aliphatic rings. The molecule has 2 amide bonds. The van der Waals surface area contributed by atoms with Crippen molar-refractivity contribution in [3.63, 3.8) is 0 Å². The largest absolute Gasteiger partial charge is 0.444 e. The van der Waals surface area contributed by atoms with Gasteiger partial charge in [0, 0.05) is 25.7 Å². The number of carbonyl (C=O) groups is 4. The van der Waals surface area contributed by atoms with Gasteiger partial charge < -0.3 is 24.4 Å². The number of rotatable bonds is 7. The summed E-state index contributed by atoms with van der Waals surface area (Å²) in [6.45, 7) is 10.4. The number of nitrogens with zero attached hydrogens (tertiary/aromatic N) is 3. The minimum Gasteiger partial charge on any atom is -0.444 e. The van der Waals surface area contributed by atoms with E-state index >= 15 is 0 Å². The molecule has 4 rings (SSSR count). The molecule has 3 aliphatic heterocycles. The molecule has 3 fully saturated rings. The topological polar surface area (TPSA) is 198 Å². The van der Waals surface area contributed by atoms with E-state index in [1.165, 1.54) is 20.9 Å². The summed E-state index contributed by atoms with van der Waals surface area (Å²) < 4.78 is 17.9. The van der Waals surface area contributed by atoms with Crippen LogP contribution in [0, 0.1) is 0 Å². The summed E-state index contributed by atoms with van der Waals surface area (Å²) in [6.07, 6.45) is -3.90. The minimum atomic E-state index is -2.59. The molecule has 0 aromatic carbocycles. The van der Waals surface area contributed by atoms with Crippen LogP contribution in [-0.4, -0.2) is 108 Å². The highest BCUT2D eigenvalue weighted by molar-refractivity contribution is 9.11. The second-order valence-electron chi connectivity index (χ2n) is 14.1. The lowest BCUT2D eigenvalue weighted by molar-refractivity contribution is -0.165. The summed E-state index contributed by atoms with van der Waals surface area (Å²) in [5.41, 5.74) is -5.91. The molecule has 0 radical (unpaired) electrons. The van der Waals surface area contributed by atoms with E-state index in [-0.39, 0.29) is 31.5 Å². The van der Waals surface area contributed by atoms with Crippen molar-refractivity contribution in [3.8, 4) is 0 Å². The number of amides is 2. The fourth-order valence-corrected chi connectivity index (χ4v) is 6.45. The number of hydrogen-bond acceptors (Lipinski definition) is 11. The lowest BCUT2D eigenvalue weighted by Crippen LogP contribution is -2.61. The number of Topliss-reactive ketones (excluding diaryl/α,β-unsaturated/α-hetero) is 2. The Morgan fingerprint density at radius 1 is 1.00 bits per heavy atom. The molecular formula is C31H43BrN4O11. The van der Waals surface area contributed by atoms with Crippen molar-refractivity contribution in [2.45, 2.75) is 121 Å². The second kappa shape index (κ2) is 13.6. The molecule has 3 N–H and O–H groups in total. The normalized spacial score (nSPS) is 27.3. The van der Waals surface area contributed by atoms with Gasteiger partial charge in [0.25, 0.3) is 5.56 Å². The Hall–Kier alpha value is -3.34. The van der Waals surface area contributed by atoms with Gasteiger partial charge in [0.2, 0.25) is 0 Å². The van der Waals surface area contributed by atoms with Crippen LogP contribution >= 0.6 is 15.9 Å². The first-order chi connectivity index (χ1) is 21.8. The van der Waals surface area contributed by atoms with Gasteiger partial charge in [-0.05, 0) is 78.3 Å². The number of H-pyrrole nitrogens is 1. The van der Waals surface area contributed by atoms with Gasteiger partial charge in [-0.15, -0.1) is 0 Å². The van der Waals surface area contributed by atoms with Crippen molar-refractivity contribution in [2.24, 2.45) is 0 Å². The van der Waals surface area contributed by atoms with Crippen LogP contribution in [-0.2, 0) is 23.8 Å². The van der Waals surface area contributed by atoms with Crippen LogP contribution < -0.4 is 11.2 Å². The number of halogens is 1. The van der Waals surface area contributed by atoms with E-state index in [1.54, 1.807) is 41.5 Å². The maximum Gasteiger partial charge on any atom is 0.410 e. The molecule has 6 atom stereocenters. The Kier molecular flexibility index (Phi) is 10.6. The zero-order chi connectivity index (χ0) is 35.1. The highest BCUT2D eigenvalue weighted by atomic mass is 79.9. The highest BCUT2D eigenvalue weighted by Crippen LogP contribution is 2.42. The molecule has 3 saturated heterocycles. The van der Waals surface area contributed by atoms with Crippen molar-refractivity contribution in [1.82, 2.24) is 19.4 Å². The summed E-state index contributed by atoms with van der Waals surface area (Å²) in [7, 11) is 0. The van der Waals surface area contributed by atoms with Crippen LogP contribution in [0.2, 0.25) is 0 Å². The highest BCUT2D eigenvalue weighted by Gasteiger charge is 2.61.